The molecule has 0 spiro atoms. The minimum Gasteiger partial charge on any atom is -0.385 e. The van der Waals surface area contributed by atoms with E-state index in [4.69, 9.17) is 4.74 Å². The molecule has 3 aromatic carbocycles. The zero-order valence-corrected chi connectivity index (χ0v) is 20.7. The summed E-state index contributed by atoms with van der Waals surface area (Å²) in [6.07, 6.45) is 1.25. The average Bonchev–Trinajstić information content (AvgIpc) is 2.90. The Morgan fingerprint density at radius 2 is 1.58 bits per heavy atom. The lowest BCUT2D eigenvalue weighted by atomic mass is 10.1. The normalized spacial score (nSPS) is 11.1. The van der Waals surface area contributed by atoms with Crippen molar-refractivity contribution >= 4 is 16.8 Å². The number of nitrogens with zero attached hydrogens (tertiary/aromatic N) is 2. The van der Waals surface area contributed by atoms with E-state index in [9.17, 15) is 14.4 Å². The van der Waals surface area contributed by atoms with Crippen LogP contribution in [0.4, 0.5) is 0 Å². The van der Waals surface area contributed by atoms with Crippen molar-refractivity contribution in [3.05, 3.63) is 116 Å². The second-order valence-corrected chi connectivity index (χ2v) is 8.88. The van der Waals surface area contributed by atoms with Crippen molar-refractivity contribution in [3.63, 3.8) is 0 Å². The summed E-state index contributed by atoms with van der Waals surface area (Å²) in [5.41, 5.74) is 3.67. The Kier molecular flexibility index (Phi) is 8.13. The summed E-state index contributed by atoms with van der Waals surface area (Å²) in [7, 11) is 1.63. The Labute approximate surface area is 210 Å². The van der Waals surface area contributed by atoms with Crippen molar-refractivity contribution in [1.29, 1.82) is 0 Å². The average molecular weight is 486 g/mol. The van der Waals surface area contributed by atoms with Crippen LogP contribution in [0.1, 0.15) is 33.5 Å². The fraction of sp³-hybridized carbons (Fsp3) is 0.276. The van der Waals surface area contributed by atoms with Crippen LogP contribution in [-0.4, -0.2) is 35.3 Å². The predicted octanol–water partition coefficient (Wildman–Crippen LogP) is 3.53. The van der Waals surface area contributed by atoms with Crippen LogP contribution in [0.5, 0.6) is 0 Å². The Balaban J connectivity index is 1.55. The van der Waals surface area contributed by atoms with E-state index in [0.29, 0.717) is 42.6 Å². The molecule has 0 saturated carbocycles. The Hall–Kier alpha value is -3.97. The molecule has 1 heterocycles. The van der Waals surface area contributed by atoms with Crippen molar-refractivity contribution in [2.45, 2.75) is 32.9 Å². The highest BCUT2D eigenvalue weighted by atomic mass is 16.5. The van der Waals surface area contributed by atoms with Gasteiger partial charge >= 0.3 is 5.69 Å². The van der Waals surface area contributed by atoms with E-state index < -0.39 is 0 Å². The van der Waals surface area contributed by atoms with Crippen LogP contribution in [-0.2, 0) is 24.2 Å². The van der Waals surface area contributed by atoms with Crippen LogP contribution in [0.25, 0.3) is 10.9 Å². The topological polar surface area (TPSA) is 82.3 Å². The molecule has 1 aromatic heterocycles. The van der Waals surface area contributed by atoms with Gasteiger partial charge in [0.05, 0.1) is 17.4 Å². The number of para-hydroxylation sites is 1. The number of hydrogen-bond acceptors (Lipinski definition) is 4. The lowest BCUT2D eigenvalue weighted by Crippen LogP contribution is -2.40. The third-order valence-corrected chi connectivity index (χ3v) is 6.24. The summed E-state index contributed by atoms with van der Waals surface area (Å²) in [5.74, 6) is -0.137. The van der Waals surface area contributed by atoms with Gasteiger partial charge in [0.25, 0.3) is 11.5 Å². The maximum absolute atomic E-state index is 13.5. The molecule has 7 nitrogen and oxygen atoms in total. The number of aryl methyl sites for hydroxylation is 2. The van der Waals surface area contributed by atoms with Crippen LogP contribution in [0.3, 0.4) is 0 Å². The van der Waals surface area contributed by atoms with Gasteiger partial charge < -0.3 is 10.1 Å². The molecular weight excluding hydrogens is 454 g/mol. The van der Waals surface area contributed by atoms with Gasteiger partial charge in [-0.3, -0.25) is 18.7 Å². The van der Waals surface area contributed by atoms with Crippen LogP contribution in [0, 0.1) is 6.92 Å². The van der Waals surface area contributed by atoms with Gasteiger partial charge in [-0.2, -0.15) is 0 Å². The number of amides is 1. The largest absolute Gasteiger partial charge is 0.385 e. The van der Waals surface area contributed by atoms with Crippen molar-refractivity contribution in [3.8, 4) is 0 Å². The molecule has 1 amide bonds. The highest BCUT2D eigenvalue weighted by Gasteiger charge is 2.13. The van der Waals surface area contributed by atoms with Crippen LogP contribution < -0.4 is 16.6 Å². The van der Waals surface area contributed by atoms with E-state index in [1.54, 1.807) is 29.9 Å². The summed E-state index contributed by atoms with van der Waals surface area (Å²) in [5, 5.41) is 3.38. The first-order valence-electron chi connectivity index (χ1n) is 12.1. The Bertz CT molecular complexity index is 1450. The smallest absolute Gasteiger partial charge is 0.331 e. The number of aromatic nitrogens is 2. The monoisotopic (exact) mass is 485 g/mol. The standard InChI is InChI=1S/C29H31N3O4/c1-21-8-10-23(11-9-21)20-32-26-7-4-3-6-25(26)28(34)31(29(32)35)18-16-22-12-14-24(15-13-22)27(33)30-17-5-19-36-2/h3-4,6-15H,5,16-20H2,1-2H3,(H,30,33). The summed E-state index contributed by atoms with van der Waals surface area (Å²) in [4.78, 5) is 38.9. The second-order valence-electron chi connectivity index (χ2n) is 8.88. The molecule has 0 unspecified atom stereocenters. The molecule has 0 bridgehead atoms. The summed E-state index contributed by atoms with van der Waals surface area (Å²) in [6.45, 7) is 3.80. The molecule has 0 aliphatic heterocycles. The Morgan fingerprint density at radius 1 is 0.889 bits per heavy atom. The SMILES string of the molecule is COCCCNC(=O)c1ccc(CCn2c(=O)c3ccccc3n(Cc3ccc(C)cc3)c2=O)cc1. The fourth-order valence-electron chi connectivity index (χ4n) is 4.18. The highest BCUT2D eigenvalue weighted by Crippen LogP contribution is 2.12. The molecule has 0 radical (unpaired) electrons. The lowest BCUT2D eigenvalue weighted by molar-refractivity contribution is 0.0948. The van der Waals surface area contributed by atoms with E-state index >= 15 is 0 Å². The van der Waals surface area contributed by atoms with E-state index in [0.717, 1.165) is 23.1 Å². The van der Waals surface area contributed by atoms with Crippen molar-refractivity contribution in [1.82, 2.24) is 14.5 Å². The molecular formula is C29H31N3O4. The first-order valence-corrected chi connectivity index (χ1v) is 12.1. The number of fused-ring (bicyclic) bond motifs is 1. The molecule has 0 saturated heterocycles. The molecule has 4 rings (SSSR count). The second kappa shape index (κ2) is 11.6. The van der Waals surface area contributed by atoms with Gasteiger partial charge in [-0.05, 0) is 55.2 Å². The summed E-state index contributed by atoms with van der Waals surface area (Å²) < 4.78 is 7.97. The molecule has 7 heteroatoms. The van der Waals surface area contributed by atoms with Crippen LogP contribution in [0.15, 0.2) is 82.4 Å². The van der Waals surface area contributed by atoms with Crippen LogP contribution >= 0.6 is 0 Å². The highest BCUT2D eigenvalue weighted by molar-refractivity contribution is 5.94. The maximum Gasteiger partial charge on any atom is 0.331 e. The van der Waals surface area contributed by atoms with Gasteiger partial charge in [0.1, 0.15) is 0 Å². The molecule has 36 heavy (non-hydrogen) atoms. The number of nitrogens with one attached hydrogen (secondary N) is 1. The molecule has 0 aliphatic carbocycles. The van der Waals surface area contributed by atoms with Gasteiger partial charge in [-0.15, -0.1) is 0 Å². The molecule has 0 atom stereocenters. The van der Waals surface area contributed by atoms with Gasteiger partial charge in [0.2, 0.25) is 0 Å². The third-order valence-electron chi connectivity index (χ3n) is 6.24. The first kappa shape index (κ1) is 25.1. The first-order chi connectivity index (χ1) is 17.5. The van der Waals surface area contributed by atoms with Gasteiger partial charge in [0.15, 0.2) is 0 Å². The summed E-state index contributed by atoms with van der Waals surface area (Å²) in [6, 6.07) is 22.5. The quantitative estimate of drug-likeness (QED) is 0.349. The van der Waals surface area contributed by atoms with Crippen molar-refractivity contribution in [2.75, 3.05) is 20.3 Å². The molecule has 0 fully saturated rings. The third kappa shape index (κ3) is 5.80. The molecule has 1 N–H and O–H groups in total. The van der Waals surface area contributed by atoms with E-state index in [1.807, 2.05) is 61.5 Å². The van der Waals surface area contributed by atoms with Crippen molar-refractivity contribution < 1.29 is 9.53 Å². The number of carbonyl (C=O) groups excluding carboxylic acids is 1. The maximum atomic E-state index is 13.5. The number of carbonyl (C=O) groups is 1. The van der Waals surface area contributed by atoms with Crippen LogP contribution in [0.2, 0.25) is 0 Å². The minimum absolute atomic E-state index is 0.137. The number of hydrogen-bond donors (Lipinski definition) is 1. The molecule has 0 aliphatic rings. The predicted molar refractivity (Wildman–Crippen MR) is 142 cm³/mol. The van der Waals surface area contributed by atoms with Gasteiger partial charge in [-0.1, -0.05) is 54.1 Å². The molecule has 4 aromatic rings. The van der Waals surface area contributed by atoms with Gasteiger partial charge in [0, 0.05) is 32.4 Å². The number of benzene rings is 3. The van der Waals surface area contributed by atoms with E-state index in [2.05, 4.69) is 5.32 Å². The Morgan fingerprint density at radius 3 is 2.31 bits per heavy atom. The summed E-state index contributed by atoms with van der Waals surface area (Å²) >= 11 is 0. The zero-order chi connectivity index (χ0) is 25.5. The van der Waals surface area contributed by atoms with E-state index in [-0.39, 0.29) is 23.7 Å². The number of methoxy groups -OCH3 is 1. The molecule has 186 valence electrons. The van der Waals surface area contributed by atoms with E-state index in [1.165, 1.54) is 4.57 Å². The number of ether oxygens (including phenoxy) is 1. The zero-order valence-electron chi connectivity index (χ0n) is 20.7. The number of rotatable bonds is 10. The lowest BCUT2D eigenvalue weighted by Gasteiger charge is -2.14. The fourth-order valence-corrected chi connectivity index (χ4v) is 4.18. The van der Waals surface area contributed by atoms with Crippen molar-refractivity contribution in [2.24, 2.45) is 0 Å². The minimum atomic E-state index is -0.327. The van der Waals surface area contributed by atoms with Gasteiger partial charge in [-0.25, -0.2) is 4.79 Å².